The SMILES string of the molecule is CN(C)S(=O)(=O)c1ccc(N2CCCC(CO)C2)cc1. The fraction of sp³-hybridized carbons (Fsp3) is 0.571. The number of sulfonamides is 1. The topological polar surface area (TPSA) is 60.9 Å². The average molecular weight is 298 g/mol. The van der Waals surface area contributed by atoms with Gasteiger partial charge in [-0.25, -0.2) is 12.7 Å². The van der Waals surface area contributed by atoms with E-state index in [1.165, 1.54) is 18.4 Å². The van der Waals surface area contributed by atoms with E-state index in [1.807, 2.05) is 12.1 Å². The van der Waals surface area contributed by atoms with Gasteiger partial charge < -0.3 is 10.0 Å². The molecule has 1 atom stereocenters. The van der Waals surface area contributed by atoms with Crippen molar-refractivity contribution >= 4 is 15.7 Å². The van der Waals surface area contributed by atoms with Gasteiger partial charge in [0.2, 0.25) is 10.0 Å². The third-order valence-corrected chi connectivity index (χ3v) is 5.59. The summed E-state index contributed by atoms with van der Waals surface area (Å²) in [6.45, 7) is 2.00. The Balaban J connectivity index is 2.16. The molecule has 6 heteroatoms. The van der Waals surface area contributed by atoms with E-state index < -0.39 is 10.0 Å². The van der Waals surface area contributed by atoms with E-state index in [1.54, 1.807) is 12.1 Å². The highest BCUT2D eigenvalue weighted by atomic mass is 32.2. The lowest BCUT2D eigenvalue weighted by Crippen LogP contribution is -2.36. The molecule has 20 heavy (non-hydrogen) atoms. The van der Waals surface area contributed by atoms with Crippen LogP contribution >= 0.6 is 0 Å². The third-order valence-electron chi connectivity index (χ3n) is 3.76. The molecule has 0 radical (unpaired) electrons. The van der Waals surface area contributed by atoms with Crippen molar-refractivity contribution in [2.75, 3.05) is 38.7 Å². The molecule has 0 aromatic heterocycles. The fourth-order valence-electron chi connectivity index (χ4n) is 2.49. The van der Waals surface area contributed by atoms with Gasteiger partial charge in [-0.15, -0.1) is 0 Å². The Hall–Kier alpha value is -1.11. The van der Waals surface area contributed by atoms with Gasteiger partial charge in [-0.05, 0) is 43.0 Å². The van der Waals surface area contributed by atoms with Crippen LogP contribution in [0.5, 0.6) is 0 Å². The third kappa shape index (κ3) is 3.13. The van der Waals surface area contributed by atoms with Gasteiger partial charge in [0.05, 0.1) is 4.90 Å². The molecule has 0 spiro atoms. The van der Waals surface area contributed by atoms with Crippen LogP contribution in [0.4, 0.5) is 5.69 Å². The van der Waals surface area contributed by atoms with E-state index in [4.69, 9.17) is 0 Å². The Morgan fingerprint density at radius 3 is 2.50 bits per heavy atom. The highest BCUT2D eigenvalue weighted by molar-refractivity contribution is 7.89. The van der Waals surface area contributed by atoms with Gasteiger partial charge >= 0.3 is 0 Å². The Labute approximate surface area is 120 Å². The lowest BCUT2D eigenvalue weighted by Gasteiger charge is -2.33. The lowest BCUT2D eigenvalue weighted by molar-refractivity contribution is 0.209. The maximum atomic E-state index is 12.0. The van der Waals surface area contributed by atoms with Gasteiger partial charge in [-0.2, -0.15) is 0 Å². The van der Waals surface area contributed by atoms with Crippen LogP contribution in [0.1, 0.15) is 12.8 Å². The fourth-order valence-corrected chi connectivity index (χ4v) is 3.39. The van der Waals surface area contributed by atoms with E-state index in [2.05, 4.69) is 4.90 Å². The van der Waals surface area contributed by atoms with Crippen LogP contribution in [0.3, 0.4) is 0 Å². The molecule has 1 unspecified atom stereocenters. The van der Waals surface area contributed by atoms with Crippen molar-refractivity contribution < 1.29 is 13.5 Å². The van der Waals surface area contributed by atoms with Gasteiger partial charge in [0.1, 0.15) is 0 Å². The first kappa shape index (κ1) is 15.3. The van der Waals surface area contributed by atoms with Gasteiger partial charge in [-0.3, -0.25) is 0 Å². The highest BCUT2D eigenvalue weighted by Crippen LogP contribution is 2.24. The Kier molecular flexibility index (Phi) is 4.67. The molecule has 0 bridgehead atoms. The monoisotopic (exact) mass is 298 g/mol. The summed E-state index contributed by atoms with van der Waals surface area (Å²) in [6.07, 6.45) is 2.11. The zero-order chi connectivity index (χ0) is 14.8. The van der Waals surface area contributed by atoms with Crippen molar-refractivity contribution in [1.82, 2.24) is 4.31 Å². The van der Waals surface area contributed by atoms with E-state index in [0.29, 0.717) is 10.8 Å². The summed E-state index contributed by atoms with van der Waals surface area (Å²) in [6, 6.07) is 6.98. The summed E-state index contributed by atoms with van der Waals surface area (Å²) in [5.74, 6) is 0.314. The van der Waals surface area contributed by atoms with Crippen molar-refractivity contribution in [3.8, 4) is 0 Å². The number of anilines is 1. The van der Waals surface area contributed by atoms with Crippen LogP contribution in [0.2, 0.25) is 0 Å². The molecule has 5 nitrogen and oxygen atoms in total. The smallest absolute Gasteiger partial charge is 0.242 e. The zero-order valence-corrected chi connectivity index (χ0v) is 12.8. The standard InChI is InChI=1S/C14H22N2O3S/c1-15(2)20(18,19)14-7-5-13(6-8-14)16-9-3-4-12(10-16)11-17/h5-8,12,17H,3-4,9-11H2,1-2H3. The molecule has 1 aliphatic rings. The average Bonchev–Trinajstić information content (AvgIpc) is 2.47. The van der Waals surface area contributed by atoms with Gasteiger partial charge in [0.25, 0.3) is 0 Å². The zero-order valence-electron chi connectivity index (χ0n) is 12.0. The van der Waals surface area contributed by atoms with E-state index >= 15 is 0 Å². The molecule has 1 fully saturated rings. The van der Waals surface area contributed by atoms with Crippen LogP contribution in [0, 0.1) is 5.92 Å². The summed E-state index contributed by atoms with van der Waals surface area (Å²) in [4.78, 5) is 2.51. The van der Waals surface area contributed by atoms with Crippen LogP contribution in [-0.4, -0.2) is 51.6 Å². The number of aliphatic hydroxyl groups excluding tert-OH is 1. The minimum atomic E-state index is -3.36. The lowest BCUT2D eigenvalue weighted by atomic mass is 9.98. The van der Waals surface area contributed by atoms with Crippen LogP contribution in [0.15, 0.2) is 29.2 Å². The predicted octanol–water partition coefficient (Wildman–Crippen LogP) is 1.15. The Morgan fingerprint density at radius 2 is 1.95 bits per heavy atom. The molecular weight excluding hydrogens is 276 g/mol. The van der Waals surface area contributed by atoms with Crippen molar-refractivity contribution in [3.05, 3.63) is 24.3 Å². The van der Waals surface area contributed by atoms with Gasteiger partial charge in [0, 0.05) is 39.5 Å². The first-order valence-electron chi connectivity index (χ1n) is 6.83. The van der Waals surface area contributed by atoms with E-state index in [0.717, 1.165) is 31.6 Å². The molecule has 1 aromatic rings. The minimum absolute atomic E-state index is 0.212. The second-order valence-electron chi connectivity index (χ2n) is 5.42. The second kappa shape index (κ2) is 6.11. The van der Waals surface area contributed by atoms with Crippen molar-refractivity contribution in [2.45, 2.75) is 17.7 Å². The number of aliphatic hydroxyl groups is 1. The number of nitrogens with zero attached hydrogens (tertiary/aromatic N) is 2. The molecule has 1 N–H and O–H groups in total. The molecule has 1 heterocycles. The molecule has 1 aliphatic heterocycles. The Bertz CT molecular complexity index is 540. The quantitative estimate of drug-likeness (QED) is 0.906. The first-order valence-corrected chi connectivity index (χ1v) is 8.27. The van der Waals surface area contributed by atoms with Gasteiger partial charge in [0.15, 0.2) is 0 Å². The molecule has 0 aliphatic carbocycles. The Morgan fingerprint density at radius 1 is 1.30 bits per heavy atom. The molecule has 112 valence electrons. The second-order valence-corrected chi connectivity index (χ2v) is 7.57. The largest absolute Gasteiger partial charge is 0.396 e. The normalized spacial score (nSPS) is 20.4. The van der Waals surface area contributed by atoms with Gasteiger partial charge in [-0.1, -0.05) is 0 Å². The molecular formula is C14H22N2O3S. The van der Waals surface area contributed by atoms with E-state index in [9.17, 15) is 13.5 Å². The minimum Gasteiger partial charge on any atom is -0.396 e. The molecule has 1 aromatic carbocycles. The first-order chi connectivity index (χ1) is 9.45. The number of benzene rings is 1. The number of hydrogen-bond donors (Lipinski definition) is 1. The summed E-state index contributed by atoms with van der Waals surface area (Å²) >= 11 is 0. The number of rotatable bonds is 4. The molecule has 1 saturated heterocycles. The molecule has 0 saturated carbocycles. The summed E-state index contributed by atoms with van der Waals surface area (Å²) in [7, 11) is -0.310. The molecule has 0 amide bonds. The number of piperidine rings is 1. The maximum Gasteiger partial charge on any atom is 0.242 e. The van der Waals surface area contributed by atoms with E-state index in [-0.39, 0.29) is 6.61 Å². The van der Waals surface area contributed by atoms with Crippen molar-refractivity contribution in [3.63, 3.8) is 0 Å². The van der Waals surface area contributed by atoms with Crippen LogP contribution < -0.4 is 4.90 Å². The van der Waals surface area contributed by atoms with Crippen LogP contribution in [-0.2, 0) is 10.0 Å². The van der Waals surface area contributed by atoms with Crippen molar-refractivity contribution in [1.29, 1.82) is 0 Å². The van der Waals surface area contributed by atoms with Crippen molar-refractivity contribution in [2.24, 2.45) is 5.92 Å². The highest BCUT2D eigenvalue weighted by Gasteiger charge is 2.21. The summed E-state index contributed by atoms with van der Waals surface area (Å²) in [5, 5.41) is 9.26. The maximum absolute atomic E-state index is 12.0. The summed E-state index contributed by atoms with van der Waals surface area (Å²) < 4.78 is 25.2. The summed E-state index contributed by atoms with van der Waals surface area (Å²) in [5.41, 5.74) is 1.01. The molecule has 2 rings (SSSR count). The number of hydrogen-bond acceptors (Lipinski definition) is 4. The predicted molar refractivity (Wildman–Crippen MR) is 79.3 cm³/mol. The van der Waals surface area contributed by atoms with Crippen LogP contribution in [0.25, 0.3) is 0 Å².